The van der Waals surface area contributed by atoms with Crippen molar-refractivity contribution < 1.29 is 8.91 Å². The summed E-state index contributed by atoms with van der Waals surface area (Å²) in [5.41, 5.74) is 1.36. The third kappa shape index (κ3) is 3.45. The summed E-state index contributed by atoms with van der Waals surface area (Å²) in [6.45, 7) is 4.32. The fourth-order valence-electron chi connectivity index (χ4n) is 3.03. The van der Waals surface area contributed by atoms with Gasteiger partial charge in [-0.3, -0.25) is 4.90 Å². The van der Waals surface area contributed by atoms with E-state index in [1.165, 1.54) is 12.1 Å². The summed E-state index contributed by atoms with van der Waals surface area (Å²) in [4.78, 5) is 13.4. The molecule has 3 heterocycles. The van der Waals surface area contributed by atoms with Crippen molar-refractivity contribution in [3.8, 4) is 0 Å². The molecule has 4 rings (SSSR count). The summed E-state index contributed by atoms with van der Waals surface area (Å²) in [6, 6.07) is 6.51. The summed E-state index contributed by atoms with van der Waals surface area (Å²) in [7, 11) is 0. The molecule has 1 saturated heterocycles. The minimum Gasteiger partial charge on any atom is -0.356 e. The van der Waals surface area contributed by atoms with E-state index >= 15 is 0 Å². The maximum atomic E-state index is 13.2. The second kappa shape index (κ2) is 6.97. The van der Waals surface area contributed by atoms with Crippen molar-refractivity contribution in [3.63, 3.8) is 0 Å². The van der Waals surface area contributed by atoms with Gasteiger partial charge < -0.3 is 9.42 Å². The molecule has 1 aliphatic rings. The average molecular weight is 359 g/mol. The van der Waals surface area contributed by atoms with Crippen molar-refractivity contribution >= 4 is 28.5 Å². The molecule has 0 aliphatic carbocycles. The number of hydrogen-bond donors (Lipinski definition) is 0. The number of rotatable bonds is 4. The van der Waals surface area contributed by atoms with E-state index in [9.17, 15) is 4.39 Å². The minimum atomic E-state index is -0.307. The number of benzene rings is 1. The van der Waals surface area contributed by atoms with Gasteiger partial charge in [0.2, 0.25) is 0 Å². The molecule has 0 atom stereocenters. The van der Waals surface area contributed by atoms with Crippen molar-refractivity contribution in [1.29, 1.82) is 0 Å². The summed E-state index contributed by atoms with van der Waals surface area (Å²) >= 11 is 1.55. The molecule has 0 saturated carbocycles. The van der Waals surface area contributed by atoms with E-state index < -0.39 is 0 Å². The van der Waals surface area contributed by atoms with Gasteiger partial charge in [-0.15, -0.1) is 0 Å². The van der Waals surface area contributed by atoms with E-state index in [-0.39, 0.29) is 5.82 Å². The van der Waals surface area contributed by atoms with E-state index in [4.69, 9.17) is 4.52 Å². The standard InChI is InChI=1S/C17H18FN5OS/c1-25-17-19-5-4-16(20-17)23-8-6-22(7-9-23)11-14-13-3-2-12(18)10-15(13)24-21-14/h2-5,10H,6-9,11H2,1H3. The molecule has 130 valence electrons. The molecule has 1 aliphatic heterocycles. The highest BCUT2D eigenvalue weighted by molar-refractivity contribution is 7.98. The second-order valence-corrected chi connectivity index (χ2v) is 6.71. The predicted molar refractivity (Wildman–Crippen MR) is 95.3 cm³/mol. The lowest BCUT2D eigenvalue weighted by atomic mass is 10.2. The highest BCUT2D eigenvalue weighted by Crippen LogP contribution is 2.22. The number of nitrogens with zero attached hydrogens (tertiary/aromatic N) is 5. The molecule has 0 unspecified atom stereocenters. The van der Waals surface area contributed by atoms with Gasteiger partial charge in [-0.25, -0.2) is 14.4 Å². The summed E-state index contributed by atoms with van der Waals surface area (Å²) in [5, 5.41) is 5.78. The van der Waals surface area contributed by atoms with Crippen molar-refractivity contribution in [1.82, 2.24) is 20.0 Å². The van der Waals surface area contributed by atoms with Crippen molar-refractivity contribution in [3.05, 3.63) is 42.0 Å². The monoisotopic (exact) mass is 359 g/mol. The summed E-state index contributed by atoms with van der Waals surface area (Å²) < 4.78 is 18.5. The Balaban J connectivity index is 1.41. The quantitative estimate of drug-likeness (QED) is 0.524. The Morgan fingerprint density at radius 3 is 2.84 bits per heavy atom. The molecular weight excluding hydrogens is 341 g/mol. The molecule has 2 aromatic heterocycles. The Bertz CT molecular complexity index is 878. The summed E-state index contributed by atoms with van der Waals surface area (Å²) in [5.74, 6) is 0.666. The lowest BCUT2D eigenvalue weighted by molar-refractivity contribution is 0.242. The van der Waals surface area contributed by atoms with Gasteiger partial charge >= 0.3 is 0 Å². The molecule has 3 aromatic rings. The molecule has 25 heavy (non-hydrogen) atoms. The van der Waals surface area contributed by atoms with E-state index in [1.54, 1.807) is 24.0 Å². The first-order valence-corrected chi connectivity index (χ1v) is 9.33. The lowest BCUT2D eigenvalue weighted by Crippen LogP contribution is -2.46. The first kappa shape index (κ1) is 16.3. The SMILES string of the molecule is CSc1nccc(N2CCN(Cc3noc4cc(F)ccc34)CC2)n1. The number of anilines is 1. The first-order chi connectivity index (χ1) is 12.2. The minimum absolute atomic E-state index is 0.307. The number of fused-ring (bicyclic) bond motifs is 1. The zero-order chi connectivity index (χ0) is 17.2. The first-order valence-electron chi connectivity index (χ1n) is 8.11. The maximum absolute atomic E-state index is 13.2. The molecule has 0 bridgehead atoms. The zero-order valence-corrected chi connectivity index (χ0v) is 14.7. The third-order valence-corrected chi connectivity index (χ3v) is 4.94. The van der Waals surface area contributed by atoms with Gasteiger partial charge in [0.15, 0.2) is 10.7 Å². The Labute approximate surface area is 149 Å². The normalized spacial score (nSPS) is 15.8. The predicted octanol–water partition coefficient (Wildman–Crippen LogP) is 2.80. The topological polar surface area (TPSA) is 58.3 Å². The van der Waals surface area contributed by atoms with Crippen molar-refractivity contribution in [2.75, 3.05) is 37.3 Å². The molecule has 0 N–H and O–H groups in total. The lowest BCUT2D eigenvalue weighted by Gasteiger charge is -2.35. The van der Waals surface area contributed by atoms with Crippen LogP contribution < -0.4 is 4.90 Å². The fourth-order valence-corrected chi connectivity index (χ4v) is 3.38. The number of aromatic nitrogens is 3. The molecule has 1 aromatic carbocycles. The smallest absolute Gasteiger partial charge is 0.189 e. The third-order valence-electron chi connectivity index (χ3n) is 4.38. The van der Waals surface area contributed by atoms with Gasteiger partial charge in [-0.1, -0.05) is 16.9 Å². The fraction of sp³-hybridized carbons (Fsp3) is 0.353. The molecule has 0 amide bonds. The van der Waals surface area contributed by atoms with Gasteiger partial charge in [0.05, 0.1) is 0 Å². The van der Waals surface area contributed by atoms with Crippen LogP contribution in [0.15, 0.2) is 40.1 Å². The van der Waals surface area contributed by atoms with Gasteiger partial charge in [-0.2, -0.15) is 0 Å². The number of thioether (sulfide) groups is 1. The number of hydrogen-bond acceptors (Lipinski definition) is 7. The molecule has 8 heteroatoms. The van der Waals surface area contributed by atoms with E-state index in [2.05, 4.69) is 24.9 Å². The molecule has 6 nitrogen and oxygen atoms in total. The maximum Gasteiger partial charge on any atom is 0.189 e. The number of halogens is 1. The van der Waals surface area contributed by atoms with E-state index in [0.717, 1.165) is 48.2 Å². The van der Waals surface area contributed by atoms with Crippen molar-refractivity contribution in [2.45, 2.75) is 11.7 Å². The Morgan fingerprint density at radius 2 is 2.04 bits per heavy atom. The Hall–Kier alpha value is -2.19. The van der Waals surface area contributed by atoms with Crippen LogP contribution in [-0.2, 0) is 6.54 Å². The van der Waals surface area contributed by atoms with E-state index in [0.29, 0.717) is 12.1 Å². The largest absolute Gasteiger partial charge is 0.356 e. The Morgan fingerprint density at radius 1 is 1.20 bits per heavy atom. The number of piperazine rings is 1. The highest BCUT2D eigenvalue weighted by Gasteiger charge is 2.20. The van der Waals surface area contributed by atoms with Crippen LogP contribution in [0.5, 0.6) is 0 Å². The zero-order valence-electron chi connectivity index (χ0n) is 13.9. The van der Waals surface area contributed by atoms with Gasteiger partial charge in [-0.05, 0) is 24.5 Å². The average Bonchev–Trinajstić information content (AvgIpc) is 3.04. The van der Waals surface area contributed by atoms with Crippen LogP contribution in [0.1, 0.15) is 5.69 Å². The van der Waals surface area contributed by atoms with Gasteiger partial charge in [0, 0.05) is 50.4 Å². The van der Waals surface area contributed by atoms with Crippen LogP contribution in [0, 0.1) is 5.82 Å². The van der Waals surface area contributed by atoms with Gasteiger partial charge in [0.1, 0.15) is 17.3 Å². The molecule has 1 fully saturated rings. The van der Waals surface area contributed by atoms with Crippen LogP contribution in [0.2, 0.25) is 0 Å². The molecule has 0 radical (unpaired) electrons. The highest BCUT2D eigenvalue weighted by atomic mass is 32.2. The van der Waals surface area contributed by atoms with Crippen molar-refractivity contribution in [2.24, 2.45) is 0 Å². The van der Waals surface area contributed by atoms with Crippen LogP contribution in [0.4, 0.5) is 10.2 Å². The van der Waals surface area contributed by atoms with Crippen LogP contribution >= 0.6 is 11.8 Å². The van der Waals surface area contributed by atoms with E-state index in [1.807, 2.05) is 12.3 Å². The summed E-state index contributed by atoms with van der Waals surface area (Å²) in [6.07, 6.45) is 3.78. The van der Waals surface area contributed by atoms with Crippen LogP contribution in [0.3, 0.4) is 0 Å². The Kier molecular flexibility index (Phi) is 4.54. The van der Waals surface area contributed by atoms with Gasteiger partial charge in [0.25, 0.3) is 0 Å². The van der Waals surface area contributed by atoms with Crippen LogP contribution in [0.25, 0.3) is 11.0 Å². The second-order valence-electron chi connectivity index (χ2n) is 5.93. The van der Waals surface area contributed by atoms with Crippen LogP contribution in [-0.4, -0.2) is 52.5 Å². The molecular formula is C17H18FN5OS. The molecule has 0 spiro atoms.